The van der Waals surface area contributed by atoms with E-state index in [1.54, 1.807) is 0 Å². The maximum Gasteiger partial charge on any atom is 0.0656 e. The summed E-state index contributed by atoms with van der Waals surface area (Å²) >= 11 is 0. The SMILES string of the molecule is CCc1cc(CN2CCC(C#N)CC2)n(CC)n1. The van der Waals surface area contributed by atoms with Gasteiger partial charge in [-0.15, -0.1) is 0 Å². The van der Waals surface area contributed by atoms with Gasteiger partial charge in [-0.2, -0.15) is 10.4 Å². The van der Waals surface area contributed by atoms with Crippen molar-refractivity contribution in [3.63, 3.8) is 0 Å². The Balaban J connectivity index is 1.97. The monoisotopic (exact) mass is 246 g/mol. The van der Waals surface area contributed by atoms with Gasteiger partial charge < -0.3 is 0 Å². The van der Waals surface area contributed by atoms with Crippen molar-refractivity contribution in [1.82, 2.24) is 14.7 Å². The molecule has 1 fully saturated rings. The molecule has 0 saturated carbocycles. The summed E-state index contributed by atoms with van der Waals surface area (Å²) in [5.74, 6) is 0.267. The van der Waals surface area contributed by atoms with Gasteiger partial charge in [-0.3, -0.25) is 9.58 Å². The molecule has 1 aromatic rings. The fraction of sp³-hybridized carbons (Fsp3) is 0.714. The number of likely N-dealkylation sites (tertiary alicyclic amines) is 1. The predicted octanol–water partition coefficient (Wildman–Crippen LogP) is 2.20. The molecule has 4 nitrogen and oxygen atoms in total. The van der Waals surface area contributed by atoms with E-state index in [0.29, 0.717) is 0 Å². The van der Waals surface area contributed by atoms with Crippen LogP contribution in [0.1, 0.15) is 38.1 Å². The van der Waals surface area contributed by atoms with Crippen molar-refractivity contribution >= 4 is 0 Å². The third-order valence-corrected chi connectivity index (χ3v) is 3.73. The maximum atomic E-state index is 8.90. The van der Waals surface area contributed by atoms with Crippen molar-refractivity contribution in [3.05, 3.63) is 17.5 Å². The zero-order valence-electron chi connectivity index (χ0n) is 11.4. The Bertz CT molecular complexity index is 421. The van der Waals surface area contributed by atoms with Crippen LogP contribution in [0.25, 0.3) is 0 Å². The second kappa shape index (κ2) is 6.01. The van der Waals surface area contributed by atoms with Gasteiger partial charge in [-0.25, -0.2) is 0 Å². The molecule has 2 heterocycles. The van der Waals surface area contributed by atoms with Crippen molar-refractivity contribution in [2.45, 2.75) is 46.2 Å². The topological polar surface area (TPSA) is 44.9 Å². The van der Waals surface area contributed by atoms with E-state index in [2.05, 4.69) is 40.7 Å². The summed E-state index contributed by atoms with van der Waals surface area (Å²) in [7, 11) is 0. The summed E-state index contributed by atoms with van der Waals surface area (Å²) in [6, 6.07) is 4.60. The second-order valence-electron chi connectivity index (χ2n) is 4.98. The van der Waals surface area contributed by atoms with E-state index in [0.717, 1.165) is 45.4 Å². The van der Waals surface area contributed by atoms with Crippen LogP contribution in [-0.4, -0.2) is 27.8 Å². The first kappa shape index (κ1) is 13.1. The van der Waals surface area contributed by atoms with E-state index in [1.807, 2.05) is 0 Å². The van der Waals surface area contributed by atoms with Gasteiger partial charge in [0.25, 0.3) is 0 Å². The van der Waals surface area contributed by atoms with Crippen LogP contribution in [0.15, 0.2) is 6.07 Å². The van der Waals surface area contributed by atoms with Crippen molar-refractivity contribution in [2.75, 3.05) is 13.1 Å². The first-order valence-electron chi connectivity index (χ1n) is 6.94. The summed E-state index contributed by atoms with van der Waals surface area (Å²) in [5.41, 5.74) is 2.49. The summed E-state index contributed by atoms with van der Waals surface area (Å²) < 4.78 is 2.11. The first-order valence-corrected chi connectivity index (χ1v) is 6.94. The van der Waals surface area contributed by atoms with Crippen LogP contribution in [0.3, 0.4) is 0 Å². The minimum Gasteiger partial charge on any atom is -0.297 e. The largest absolute Gasteiger partial charge is 0.297 e. The molecular formula is C14H22N4. The molecule has 0 unspecified atom stereocenters. The van der Waals surface area contributed by atoms with Crippen LogP contribution >= 0.6 is 0 Å². The molecule has 2 rings (SSSR count). The van der Waals surface area contributed by atoms with Gasteiger partial charge in [0, 0.05) is 19.0 Å². The molecule has 1 aliphatic heterocycles. The molecule has 0 radical (unpaired) electrons. The summed E-state index contributed by atoms with van der Waals surface area (Å²) in [4.78, 5) is 2.44. The van der Waals surface area contributed by atoms with Gasteiger partial charge in [0.15, 0.2) is 0 Å². The number of hydrogen-bond acceptors (Lipinski definition) is 3. The standard InChI is InChI=1S/C14H22N4/c1-3-13-9-14(18(4-2)16-13)11-17-7-5-12(10-15)6-8-17/h9,12H,3-8,11H2,1-2H3. The van der Waals surface area contributed by atoms with Crippen molar-refractivity contribution in [3.8, 4) is 6.07 Å². The predicted molar refractivity (Wildman–Crippen MR) is 70.9 cm³/mol. The van der Waals surface area contributed by atoms with Crippen LogP contribution in [0.4, 0.5) is 0 Å². The minimum absolute atomic E-state index is 0.267. The molecule has 4 heteroatoms. The highest BCUT2D eigenvalue weighted by Gasteiger charge is 2.19. The normalized spacial score (nSPS) is 17.8. The number of hydrogen-bond donors (Lipinski definition) is 0. The smallest absolute Gasteiger partial charge is 0.0656 e. The quantitative estimate of drug-likeness (QED) is 0.818. The van der Waals surface area contributed by atoms with Gasteiger partial charge in [-0.05, 0) is 45.3 Å². The highest BCUT2D eigenvalue weighted by molar-refractivity contribution is 5.10. The van der Waals surface area contributed by atoms with E-state index < -0.39 is 0 Å². The van der Waals surface area contributed by atoms with Gasteiger partial charge in [0.1, 0.15) is 0 Å². The summed E-state index contributed by atoms with van der Waals surface area (Å²) in [6.45, 7) is 8.26. The van der Waals surface area contributed by atoms with Gasteiger partial charge in [-0.1, -0.05) is 6.92 Å². The van der Waals surface area contributed by atoms with Crippen LogP contribution in [0.5, 0.6) is 0 Å². The van der Waals surface area contributed by atoms with E-state index in [9.17, 15) is 0 Å². The Labute approximate surface area is 109 Å². The maximum absolute atomic E-state index is 8.90. The molecular weight excluding hydrogens is 224 g/mol. The van der Waals surface area contributed by atoms with Gasteiger partial charge in [0.05, 0.1) is 17.5 Å². The van der Waals surface area contributed by atoms with Crippen LogP contribution in [0.2, 0.25) is 0 Å². The summed E-state index contributed by atoms with van der Waals surface area (Å²) in [5, 5.41) is 13.5. The molecule has 1 aromatic heterocycles. The van der Waals surface area contributed by atoms with Crippen LogP contribution in [0, 0.1) is 17.2 Å². The number of nitrogens with zero attached hydrogens (tertiary/aromatic N) is 4. The molecule has 0 atom stereocenters. The fourth-order valence-corrected chi connectivity index (χ4v) is 2.54. The zero-order valence-corrected chi connectivity index (χ0v) is 11.4. The number of rotatable bonds is 4. The molecule has 0 bridgehead atoms. The van der Waals surface area contributed by atoms with Gasteiger partial charge in [0.2, 0.25) is 0 Å². The Morgan fingerprint density at radius 2 is 2.11 bits per heavy atom. The lowest BCUT2D eigenvalue weighted by atomic mass is 9.98. The van der Waals surface area contributed by atoms with Crippen LogP contribution in [-0.2, 0) is 19.5 Å². The Hall–Kier alpha value is -1.34. The average Bonchev–Trinajstić information content (AvgIpc) is 2.82. The Morgan fingerprint density at radius 1 is 1.39 bits per heavy atom. The number of nitriles is 1. The Morgan fingerprint density at radius 3 is 2.67 bits per heavy atom. The van der Waals surface area contributed by atoms with Crippen LogP contribution < -0.4 is 0 Å². The van der Waals surface area contributed by atoms with Crippen molar-refractivity contribution in [2.24, 2.45) is 5.92 Å². The molecule has 0 amide bonds. The molecule has 18 heavy (non-hydrogen) atoms. The van der Waals surface area contributed by atoms with Gasteiger partial charge >= 0.3 is 0 Å². The zero-order chi connectivity index (χ0) is 13.0. The molecule has 1 saturated heterocycles. The third kappa shape index (κ3) is 2.91. The summed E-state index contributed by atoms with van der Waals surface area (Å²) in [6.07, 6.45) is 3.02. The highest BCUT2D eigenvalue weighted by atomic mass is 15.3. The fourth-order valence-electron chi connectivity index (χ4n) is 2.54. The molecule has 0 aliphatic carbocycles. The van der Waals surface area contributed by atoms with E-state index >= 15 is 0 Å². The number of piperidine rings is 1. The second-order valence-corrected chi connectivity index (χ2v) is 4.98. The molecule has 0 spiro atoms. The lowest BCUT2D eigenvalue weighted by Crippen LogP contribution is -2.33. The molecule has 0 aromatic carbocycles. The van der Waals surface area contributed by atoms with Crippen molar-refractivity contribution < 1.29 is 0 Å². The number of aryl methyl sites for hydroxylation is 2. The van der Waals surface area contributed by atoms with E-state index in [1.165, 1.54) is 11.4 Å². The first-order chi connectivity index (χ1) is 8.76. The molecule has 1 aliphatic rings. The van der Waals surface area contributed by atoms with E-state index in [-0.39, 0.29) is 5.92 Å². The number of aromatic nitrogens is 2. The highest BCUT2D eigenvalue weighted by Crippen LogP contribution is 2.18. The molecule has 0 N–H and O–H groups in total. The lowest BCUT2D eigenvalue weighted by molar-refractivity contribution is 0.193. The Kier molecular flexibility index (Phi) is 4.38. The molecule has 98 valence electrons. The minimum atomic E-state index is 0.267. The van der Waals surface area contributed by atoms with E-state index in [4.69, 9.17) is 5.26 Å². The lowest BCUT2D eigenvalue weighted by Gasteiger charge is -2.28. The van der Waals surface area contributed by atoms with Crippen molar-refractivity contribution in [1.29, 1.82) is 5.26 Å². The average molecular weight is 246 g/mol. The third-order valence-electron chi connectivity index (χ3n) is 3.73.